The molecule has 10 heteroatoms. The van der Waals surface area contributed by atoms with Gasteiger partial charge in [-0.15, -0.1) is 0 Å². The highest BCUT2D eigenvalue weighted by Gasteiger charge is 2.28. The number of rotatable bonds is 8. The van der Waals surface area contributed by atoms with Gasteiger partial charge in [0.15, 0.2) is 0 Å². The lowest BCUT2D eigenvalue weighted by Crippen LogP contribution is -2.40. The van der Waals surface area contributed by atoms with Gasteiger partial charge in [-0.3, -0.25) is 9.59 Å². The van der Waals surface area contributed by atoms with Gasteiger partial charge in [0.2, 0.25) is 15.9 Å². The summed E-state index contributed by atoms with van der Waals surface area (Å²) in [6.45, 7) is 6.03. The van der Waals surface area contributed by atoms with Crippen LogP contribution in [0.4, 0.5) is 0 Å². The van der Waals surface area contributed by atoms with Crippen molar-refractivity contribution in [3.63, 3.8) is 0 Å². The number of amides is 1. The number of sulfonamides is 1. The Morgan fingerprint density at radius 1 is 1.23 bits per heavy atom. The van der Waals surface area contributed by atoms with E-state index in [2.05, 4.69) is 4.98 Å². The molecule has 0 bridgehead atoms. The van der Waals surface area contributed by atoms with E-state index in [0.29, 0.717) is 50.9 Å². The Balaban J connectivity index is 1.68. The van der Waals surface area contributed by atoms with Crippen molar-refractivity contribution >= 4 is 32.9 Å². The third kappa shape index (κ3) is 5.43. The van der Waals surface area contributed by atoms with Gasteiger partial charge in [0, 0.05) is 32.5 Å². The number of primary sulfonamides is 1. The normalized spacial score (nSPS) is 15.4. The molecule has 0 radical (unpaired) electrons. The minimum Gasteiger partial charge on any atom is -0.466 e. The number of carbonyl (C=O) groups is 2. The average molecular weight is 451 g/mol. The quantitative estimate of drug-likeness (QED) is 0.612. The van der Waals surface area contributed by atoms with E-state index in [1.54, 1.807) is 17.9 Å². The molecular formula is C21H30N4O5S. The van der Waals surface area contributed by atoms with E-state index in [4.69, 9.17) is 9.88 Å². The molecule has 0 unspecified atom stereocenters. The summed E-state index contributed by atoms with van der Waals surface area (Å²) in [6.07, 6.45) is 2.88. The molecule has 1 aliphatic heterocycles. The number of esters is 1. The first-order valence-electron chi connectivity index (χ1n) is 10.7. The maximum absolute atomic E-state index is 12.7. The molecule has 1 aromatic heterocycles. The summed E-state index contributed by atoms with van der Waals surface area (Å²) in [5.41, 5.74) is 1.38. The molecule has 31 heavy (non-hydrogen) atoms. The first-order valence-corrected chi connectivity index (χ1v) is 12.3. The molecule has 1 amide bonds. The number of ether oxygens (including phenoxy) is 1. The van der Waals surface area contributed by atoms with Crippen molar-refractivity contribution in [3.8, 4) is 0 Å². The van der Waals surface area contributed by atoms with Crippen molar-refractivity contribution in [2.45, 2.75) is 57.4 Å². The van der Waals surface area contributed by atoms with Gasteiger partial charge in [0.05, 0.1) is 28.5 Å². The Kier molecular flexibility index (Phi) is 7.32. The first kappa shape index (κ1) is 23.2. The van der Waals surface area contributed by atoms with Crippen LogP contribution in [0.15, 0.2) is 23.1 Å². The van der Waals surface area contributed by atoms with E-state index in [1.807, 2.05) is 11.5 Å². The largest absolute Gasteiger partial charge is 0.466 e. The summed E-state index contributed by atoms with van der Waals surface area (Å²) in [5, 5.41) is 5.24. The van der Waals surface area contributed by atoms with Crippen LogP contribution in [0, 0.1) is 5.92 Å². The number of nitrogens with zero attached hydrogens (tertiary/aromatic N) is 3. The van der Waals surface area contributed by atoms with Gasteiger partial charge in [-0.05, 0) is 44.4 Å². The molecule has 9 nitrogen and oxygen atoms in total. The summed E-state index contributed by atoms with van der Waals surface area (Å²) >= 11 is 0. The number of piperidine rings is 1. The Bertz CT molecular complexity index is 1060. The second-order valence-corrected chi connectivity index (χ2v) is 9.34. The smallest absolute Gasteiger partial charge is 0.309 e. The van der Waals surface area contributed by atoms with Crippen LogP contribution >= 0.6 is 0 Å². The summed E-state index contributed by atoms with van der Waals surface area (Å²) < 4.78 is 30.4. The predicted octanol–water partition coefficient (Wildman–Crippen LogP) is 1.83. The van der Waals surface area contributed by atoms with E-state index in [0.717, 1.165) is 24.3 Å². The summed E-state index contributed by atoms with van der Waals surface area (Å²) in [7, 11) is -3.81. The summed E-state index contributed by atoms with van der Waals surface area (Å²) in [6, 6.07) is 4.67. The van der Waals surface area contributed by atoms with Crippen LogP contribution in [0.25, 0.3) is 11.0 Å². The molecule has 3 rings (SSSR count). The second-order valence-electron chi connectivity index (χ2n) is 7.78. The number of fused-ring (bicyclic) bond motifs is 1. The van der Waals surface area contributed by atoms with E-state index in [9.17, 15) is 18.0 Å². The van der Waals surface area contributed by atoms with Crippen LogP contribution in [-0.4, -0.2) is 54.4 Å². The molecule has 0 spiro atoms. The van der Waals surface area contributed by atoms with Crippen molar-refractivity contribution in [2.24, 2.45) is 11.1 Å². The minimum atomic E-state index is -3.81. The standard InChI is InChI=1S/C21H30N4O5S/c1-3-11-25-18-6-5-16(31(22,28)29)14-17(18)23-19(25)7-8-20(26)24-12-9-15(10-13-24)21(27)30-4-2/h5-6,14-15H,3-4,7-13H2,1-2H3,(H2,22,28,29). The minimum absolute atomic E-state index is 0.0215. The summed E-state index contributed by atoms with van der Waals surface area (Å²) in [5.74, 6) is 0.466. The van der Waals surface area contributed by atoms with Crippen molar-refractivity contribution < 1.29 is 22.7 Å². The van der Waals surface area contributed by atoms with Crippen LogP contribution in [0.2, 0.25) is 0 Å². The first-order chi connectivity index (χ1) is 14.7. The molecule has 2 heterocycles. The highest BCUT2D eigenvalue weighted by atomic mass is 32.2. The molecule has 1 fully saturated rings. The van der Waals surface area contributed by atoms with Crippen LogP contribution in [-0.2, 0) is 37.3 Å². The van der Waals surface area contributed by atoms with Gasteiger partial charge in [-0.25, -0.2) is 18.5 Å². The van der Waals surface area contributed by atoms with Crippen LogP contribution < -0.4 is 5.14 Å². The fourth-order valence-corrected chi connectivity index (χ4v) is 4.54. The molecule has 1 saturated heterocycles. The van der Waals surface area contributed by atoms with E-state index in [1.165, 1.54) is 12.1 Å². The molecule has 170 valence electrons. The monoisotopic (exact) mass is 450 g/mol. The van der Waals surface area contributed by atoms with Gasteiger partial charge in [-0.2, -0.15) is 0 Å². The molecule has 0 aliphatic carbocycles. The lowest BCUT2D eigenvalue weighted by molar-refractivity contribution is -0.151. The molecule has 1 aliphatic rings. The van der Waals surface area contributed by atoms with Crippen molar-refractivity contribution in [1.29, 1.82) is 0 Å². The van der Waals surface area contributed by atoms with E-state index >= 15 is 0 Å². The summed E-state index contributed by atoms with van der Waals surface area (Å²) in [4.78, 5) is 31.0. The fourth-order valence-electron chi connectivity index (χ4n) is 4.00. The lowest BCUT2D eigenvalue weighted by atomic mass is 9.96. The molecule has 0 saturated carbocycles. The van der Waals surface area contributed by atoms with Crippen LogP contribution in [0.1, 0.15) is 45.4 Å². The van der Waals surface area contributed by atoms with Crippen molar-refractivity contribution in [3.05, 3.63) is 24.0 Å². The molecule has 0 atom stereocenters. The highest BCUT2D eigenvalue weighted by Crippen LogP contribution is 2.23. The number of imidazole rings is 1. The Morgan fingerprint density at radius 2 is 1.94 bits per heavy atom. The number of aryl methyl sites for hydroxylation is 2. The number of likely N-dealkylation sites (tertiary alicyclic amines) is 1. The number of carbonyl (C=O) groups excluding carboxylic acids is 2. The molecular weight excluding hydrogens is 420 g/mol. The topological polar surface area (TPSA) is 125 Å². The van der Waals surface area contributed by atoms with E-state index in [-0.39, 0.29) is 22.7 Å². The van der Waals surface area contributed by atoms with Gasteiger partial charge < -0.3 is 14.2 Å². The predicted molar refractivity (Wildman–Crippen MR) is 116 cm³/mol. The number of hydrogen-bond acceptors (Lipinski definition) is 6. The molecule has 2 aromatic rings. The Labute approximate surface area is 182 Å². The van der Waals surface area contributed by atoms with E-state index < -0.39 is 10.0 Å². The zero-order valence-electron chi connectivity index (χ0n) is 18.0. The molecule has 1 aromatic carbocycles. The van der Waals surface area contributed by atoms with Crippen molar-refractivity contribution in [2.75, 3.05) is 19.7 Å². The SMILES string of the molecule is CCCn1c(CCC(=O)N2CCC(C(=O)OCC)CC2)nc2cc(S(N)(=O)=O)ccc21. The highest BCUT2D eigenvalue weighted by molar-refractivity contribution is 7.89. The third-order valence-electron chi connectivity index (χ3n) is 5.60. The third-order valence-corrected chi connectivity index (χ3v) is 6.52. The maximum atomic E-state index is 12.7. The number of aromatic nitrogens is 2. The van der Waals surface area contributed by atoms with Gasteiger partial charge in [-0.1, -0.05) is 6.92 Å². The fraction of sp³-hybridized carbons (Fsp3) is 0.571. The van der Waals surface area contributed by atoms with Crippen molar-refractivity contribution in [1.82, 2.24) is 14.5 Å². The zero-order chi connectivity index (χ0) is 22.6. The van der Waals surface area contributed by atoms with Gasteiger partial charge in [0.25, 0.3) is 0 Å². The van der Waals surface area contributed by atoms with Gasteiger partial charge in [0.1, 0.15) is 5.82 Å². The Hall–Kier alpha value is -2.46. The number of benzene rings is 1. The molecule has 2 N–H and O–H groups in total. The number of hydrogen-bond donors (Lipinski definition) is 1. The van der Waals surface area contributed by atoms with Gasteiger partial charge >= 0.3 is 5.97 Å². The maximum Gasteiger partial charge on any atom is 0.309 e. The number of nitrogens with two attached hydrogens (primary N) is 1. The average Bonchev–Trinajstić information content (AvgIpc) is 3.09. The van der Waals surface area contributed by atoms with Crippen LogP contribution in [0.5, 0.6) is 0 Å². The second kappa shape index (κ2) is 9.78. The zero-order valence-corrected chi connectivity index (χ0v) is 18.9. The Morgan fingerprint density at radius 3 is 2.55 bits per heavy atom. The van der Waals surface area contributed by atoms with Crippen LogP contribution in [0.3, 0.4) is 0 Å². The lowest BCUT2D eigenvalue weighted by Gasteiger charge is -2.31.